The summed E-state index contributed by atoms with van der Waals surface area (Å²) in [5, 5.41) is 10.1. The largest absolute Gasteiger partial charge is 0.493 e. The third-order valence-corrected chi connectivity index (χ3v) is 4.54. The number of methoxy groups -OCH3 is 2. The van der Waals surface area contributed by atoms with E-state index >= 15 is 0 Å². The van der Waals surface area contributed by atoms with E-state index in [0.29, 0.717) is 40.0 Å². The van der Waals surface area contributed by atoms with E-state index in [1.54, 1.807) is 25.3 Å². The summed E-state index contributed by atoms with van der Waals surface area (Å²) in [5.41, 5.74) is 2.93. The number of allylic oxidation sites excluding steroid dienone is 1. The number of halogens is 1. The second-order valence-electron chi connectivity index (χ2n) is 5.54. The van der Waals surface area contributed by atoms with Crippen molar-refractivity contribution in [2.45, 2.75) is 13.5 Å². The first-order valence-corrected chi connectivity index (χ1v) is 8.50. The van der Waals surface area contributed by atoms with Crippen LogP contribution in [0.2, 0.25) is 5.02 Å². The Labute approximate surface area is 157 Å². The van der Waals surface area contributed by atoms with Gasteiger partial charge in [0.2, 0.25) is 0 Å². The molecular weight excluding hydrogens is 350 g/mol. The molecule has 0 fully saturated rings. The van der Waals surface area contributed by atoms with E-state index in [1.807, 2.05) is 35.8 Å². The van der Waals surface area contributed by atoms with Gasteiger partial charge in [0.25, 0.3) is 0 Å². The summed E-state index contributed by atoms with van der Waals surface area (Å²) in [6.45, 7) is 2.73. The zero-order chi connectivity index (χ0) is 18.7. The summed E-state index contributed by atoms with van der Waals surface area (Å²) >= 11 is 6.45. The van der Waals surface area contributed by atoms with Gasteiger partial charge in [0.15, 0.2) is 17.3 Å². The predicted octanol–water partition coefficient (Wildman–Crippen LogP) is 4.79. The lowest BCUT2D eigenvalue weighted by molar-refractivity contribution is 0.355. The first-order chi connectivity index (χ1) is 12.6. The standard InChI is InChI=1S/C20H18ClN3O2/c1-4-24-16-8-6-5-7-15(16)23-20(24)14(12-22)11-13-9-10-17(25-2)19(26-3)18(13)21/h5-11H,4H2,1-3H3/b14-11-. The molecule has 1 heterocycles. The first-order valence-electron chi connectivity index (χ1n) is 8.12. The van der Waals surface area contributed by atoms with Crippen LogP contribution in [-0.2, 0) is 6.54 Å². The molecule has 0 saturated carbocycles. The number of ether oxygens (including phenoxy) is 2. The van der Waals surface area contributed by atoms with E-state index in [9.17, 15) is 5.26 Å². The molecule has 0 aliphatic heterocycles. The van der Waals surface area contributed by atoms with Gasteiger partial charge in [-0.3, -0.25) is 0 Å². The van der Waals surface area contributed by atoms with Gasteiger partial charge in [0, 0.05) is 6.54 Å². The summed E-state index contributed by atoms with van der Waals surface area (Å²) in [5.74, 6) is 1.58. The summed E-state index contributed by atoms with van der Waals surface area (Å²) in [6, 6.07) is 13.6. The van der Waals surface area contributed by atoms with Crippen molar-refractivity contribution in [1.29, 1.82) is 5.26 Å². The lowest BCUT2D eigenvalue weighted by Crippen LogP contribution is -2.00. The monoisotopic (exact) mass is 367 g/mol. The van der Waals surface area contributed by atoms with E-state index in [1.165, 1.54) is 7.11 Å². The van der Waals surface area contributed by atoms with Crippen molar-refractivity contribution in [3.8, 4) is 17.6 Å². The molecule has 0 radical (unpaired) electrons. The van der Waals surface area contributed by atoms with Crippen molar-refractivity contribution >= 4 is 34.3 Å². The number of hydrogen-bond donors (Lipinski definition) is 0. The fourth-order valence-electron chi connectivity index (χ4n) is 2.92. The topological polar surface area (TPSA) is 60.1 Å². The maximum atomic E-state index is 9.73. The van der Waals surface area contributed by atoms with Gasteiger partial charge in [-0.1, -0.05) is 23.7 Å². The van der Waals surface area contributed by atoms with Gasteiger partial charge in [-0.2, -0.15) is 5.26 Å². The van der Waals surface area contributed by atoms with Crippen LogP contribution < -0.4 is 9.47 Å². The van der Waals surface area contributed by atoms with Gasteiger partial charge >= 0.3 is 0 Å². The maximum absolute atomic E-state index is 9.73. The number of aryl methyl sites for hydroxylation is 1. The van der Waals surface area contributed by atoms with Crippen LogP contribution in [0.3, 0.4) is 0 Å². The number of nitriles is 1. The fourth-order valence-corrected chi connectivity index (χ4v) is 3.21. The third-order valence-electron chi connectivity index (χ3n) is 4.15. The normalized spacial score (nSPS) is 11.4. The molecule has 3 rings (SSSR count). The zero-order valence-corrected chi connectivity index (χ0v) is 15.5. The van der Waals surface area contributed by atoms with E-state index in [-0.39, 0.29) is 0 Å². The summed E-state index contributed by atoms with van der Waals surface area (Å²) in [6.07, 6.45) is 1.72. The lowest BCUT2D eigenvalue weighted by atomic mass is 10.1. The van der Waals surface area contributed by atoms with Crippen molar-refractivity contribution in [3.05, 3.63) is 52.8 Å². The van der Waals surface area contributed by atoms with Crippen molar-refractivity contribution < 1.29 is 9.47 Å². The SMILES string of the molecule is CCn1c(/C(C#N)=C\c2ccc(OC)c(OC)c2Cl)nc2ccccc21. The van der Waals surface area contributed by atoms with Gasteiger partial charge in [0.1, 0.15) is 6.07 Å². The predicted molar refractivity (Wildman–Crippen MR) is 103 cm³/mol. The van der Waals surface area contributed by atoms with Gasteiger partial charge in [-0.25, -0.2) is 4.98 Å². The van der Waals surface area contributed by atoms with Crippen molar-refractivity contribution in [3.63, 3.8) is 0 Å². The molecule has 26 heavy (non-hydrogen) atoms. The highest BCUT2D eigenvalue weighted by molar-refractivity contribution is 6.34. The van der Waals surface area contributed by atoms with Gasteiger partial charge < -0.3 is 14.0 Å². The highest BCUT2D eigenvalue weighted by atomic mass is 35.5. The third kappa shape index (κ3) is 3.00. The maximum Gasteiger partial charge on any atom is 0.179 e. The number of imidazole rings is 1. The molecule has 0 amide bonds. The average Bonchev–Trinajstić information content (AvgIpc) is 3.05. The average molecular weight is 368 g/mol. The molecule has 0 unspecified atom stereocenters. The Morgan fingerprint density at radius 2 is 2.00 bits per heavy atom. The molecule has 5 nitrogen and oxygen atoms in total. The molecule has 0 spiro atoms. The number of para-hydroxylation sites is 2. The summed E-state index contributed by atoms with van der Waals surface area (Å²) in [7, 11) is 3.08. The van der Waals surface area contributed by atoms with Crippen molar-refractivity contribution in [1.82, 2.24) is 9.55 Å². The van der Waals surface area contributed by atoms with E-state index < -0.39 is 0 Å². The Bertz CT molecular complexity index is 1030. The Kier molecular flexibility index (Phi) is 5.15. The summed E-state index contributed by atoms with van der Waals surface area (Å²) < 4.78 is 12.6. The molecule has 6 heteroatoms. The van der Waals surface area contributed by atoms with Gasteiger partial charge in [-0.15, -0.1) is 0 Å². The van der Waals surface area contributed by atoms with Crippen molar-refractivity contribution in [2.75, 3.05) is 14.2 Å². The van der Waals surface area contributed by atoms with Crippen LogP contribution in [0.15, 0.2) is 36.4 Å². The van der Waals surface area contributed by atoms with Crippen LogP contribution in [0.5, 0.6) is 11.5 Å². The van der Waals surface area contributed by atoms with Crippen LogP contribution in [0, 0.1) is 11.3 Å². The minimum absolute atomic E-state index is 0.388. The first kappa shape index (κ1) is 17.8. The number of aromatic nitrogens is 2. The van der Waals surface area contributed by atoms with E-state index in [4.69, 9.17) is 21.1 Å². The molecule has 0 aliphatic carbocycles. The smallest absolute Gasteiger partial charge is 0.179 e. The second-order valence-corrected chi connectivity index (χ2v) is 5.92. The second kappa shape index (κ2) is 7.51. The molecule has 0 atom stereocenters. The molecule has 132 valence electrons. The quantitative estimate of drug-likeness (QED) is 0.608. The summed E-state index contributed by atoms with van der Waals surface area (Å²) in [4.78, 5) is 4.63. The Hall–Kier alpha value is -2.97. The molecule has 0 saturated heterocycles. The molecule has 3 aromatic rings. The van der Waals surface area contributed by atoms with Gasteiger partial charge in [0.05, 0.1) is 35.8 Å². The zero-order valence-electron chi connectivity index (χ0n) is 14.8. The van der Waals surface area contributed by atoms with Crippen LogP contribution in [0.4, 0.5) is 0 Å². The van der Waals surface area contributed by atoms with Crippen LogP contribution >= 0.6 is 11.6 Å². The Morgan fingerprint density at radius 3 is 2.65 bits per heavy atom. The molecule has 0 aliphatic rings. The number of rotatable bonds is 5. The highest BCUT2D eigenvalue weighted by Crippen LogP contribution is 2.38. The molecular formula is C20H18ClN3O2. The van der Waals surface area contributed by atoms with Crippen molar-refractivity contribution in [2.24, 2.45) is 0 Å². The molecule has 0 N–H and O–H groups in total. The number of benzene rings is 2. The van der Waals surface area contributed by atoms with E-state index in [2.05, 4.69) is 11.1 Å². The Balaban J connectivity index is 2.18. The van der Waals surface area contributed by atoms with Crippen LogP contribution in [0.1, 0.15) is 18.3 Å². The number of hydrogen-bond acceptors (Lipinski definition) is 4. The lowest BCUT2D eigenvalue weighted by Gasteiger charge is -2.11. The Morgan fingerprint density at radius 1 is 1.23 bits per heavy atom. The number of fused-ring (bicyclic) bond motifs is 1. The fraction of sp³-hybridized carbons (Fsp3) is 0.200. The minimum Gasteiger partial charge on any atom is -0.493 e. The minimum atomic E-state index is 0.388. The van der Waals surface area contributed by atoms with Crippen LogP contribution in [0.25, 0.3) is 22.7 Å². The molecule has 1 aromatic heterocycles. The van der Waals surface area contributed by atoms with E-state index in [0.717, 1.165) is 11.0 Å². The molecule has 2 aromatic carbocycles. The highest BCUT2D eigenvalue weighted by Gasteiger charge is 2.16. The molecule has 0 bridgehead atoms. The number of nitrogens with zero attached hydrogens (tertiary/aromatic N) is 3. The van der Waals surface area contributed by atoms with Crippen LogP contribution in [-0.4, -0.2) is 23.8 Å². The van der Waals surface area contributed by atoms with Gasteiger partial charge in [-0.05, 0) is 42.8 Å².